The zero-order valence-corrected chi connectivity index (χ0v) is 19.0. The fraction of sp³-hybridized carbons (Fsp3) is 0.381. The van der Waals surface area contributed by atoms with Crippen molar-refractivity contribution in [3.63, 3.8) is 0 Å². The summed E-state index contributed by atoms with van der Waals surface area (Å²) < 4.78 is 32.0. The van der Waals surface area contributed by atoms with Crippen molar-refractivity contribution in [1.29, 1.82) is 0 Å². The zero-order chi connectivity index (χ0) is 22.9. The first-order valence-corrected chi connectivity index (χ1v) is 11.6. The van der Waals surface area contributed by atoms with Crippen LogP contribution in [0.3, 0.4) is 0 Å². The zero-order valence-electron chi connectivity index (χ0n) is 17.5. The van der Waals surface area contributed by atoms with Crippen molar-refractivity contribution in [3.05, 3.63) is 51.3 Å². The third-order valence-corrected chi connectivity index (χ3v) is 7.63. The van der Waals surface area contributed by atoms with Crippen molar-refractivity contribution in [2.24, 2.45) is 0 Å². The van der Waals surface area contributed by atoms with Gasteiger partial charge in [-0.25, -0.2) is 13.2 Å². The number of H-pyrrole nitrogens is 1. The summed E-state index contributed by atoms with van der Waals surface area (Å²) in [6.45, 7) is 4.98. The lowest BCUT2D eigenvalue weighted by Gasteiger charge is -2.17. The second-order valence-electron chi connectivity index (χ2n) is 7.44. The number of hydrogen-bond acceptors (Lipinski definition) is 6. The van der Waals surface area contributed by atoms with Crippen molar-refractivity contribution in [3.8, 4) is 0 Å². The Morgan fingerprint density at radius 3 is 2.39 bits per heavy atom. The van der Waals surface area contributed by atoms with E-state index < -0.39 is 28.4 Å². The number of aromatic nitrogens is 1. The van der Waals surface area contributed by atoms with E-state index >= 15 is 0 Å². The molecule has 2 heterocycles. The first kappa shape index (κ1) is 23.2. The maximum atomic E-state index is 12.8. The molecular weight excluding hydrogens is 444 g/mol. The van der Waals surface area contributed by atoms with Gasteiger partial charge in [0.2, 0.25) is 15.8 Å². The quantitative estimate of drug-likeness (QED) is 0.494. The number of ether oxygens (including phenoxy) is 1. The topological polar surface area (TPSA) is 114 Å². The summed E-state index contributed by atoms with van der Waals surface area (Å²) in [5.74, 6) is -1.52. The highest BCUT2D eigenvalue weighted by atomic mass is 35.5. The molecule has 1 aliphatic rings. The number of nitrogens with one attached hydrogen (secondary N) is 1. The molecule has 2 aromatic rings. The number of benzene rings is 1. The molecule has 3 rings (SSSR count). The number of carbonyl (C=O) groups is 3. The minimum atomic E-state index is -3.83. The summed E-state index contributed by atoms with van der Waals surface area (Å²) in [7, 11) is -3.83. The summed E-state index contributed by atoms with van der Waals surface area (Å²) in [6, 6.07) is 3.83. The molecule has 0 amide bonds. The molecule has 1 aliphatic heterocycles. The van der Waals surface area contributed by atoms with Crippen LogP contribution >= 0.6 is 11.6 Å². The fourth-order valence-corrected chi connectivity index (χ4v) is 5.76. The Labute approximate surface area is 185 Å². The van der Waals surface area contributed by atoms with Crippen molar-refractivity contribution in [1.82, 2.24) is 9.29 Å². The molecule has 0 radical (unpaired) electrons. The number of sulfonamides is 1. The van der Waals surface area contributed by atoms with E-state index in [-0.39, 0.29) is 27.0 Å². The van der Waals surface area contributed by atoms with Crippen molar-refractivity contribution >= 4 is 39.2 Å². The molecule has 0 atom stereocenters. The normalized spacial score (nSPS) is 14.6. The number of halogens is 1. The van der Waals surface area contributed by atoms with Gasteiger partial charge in [-0.1, -0.05) is 11.6 Å². The van der Waals surface area contributed by atoms with Gasteiger partial charge in [-0.3, -0.25) is 9.59 Å². The van der Waals surface area contributed by atoms with Crippen LogP contribution in [-0.2, 0) is 14.8 Å². The average Bonchev–Trinajstić information content (AvgIpc) is 3.34. The molecule has 31 heavy (non-hydrogen) atoms. The van der Waals surface area contributed by atoms with Crippen LogP contribution < -0.4 is 0 Å². The molecule has 1 saturated heterocycles. The number of nitrogens with zero attached hydrogens (tertiary/aromatic N) is 1. The Bertz CT molecular complexity index is 1160. The molecule has 1 aromatic heterocycles. The Hall–Kier alpha value is -2.49. The predicted octanol–water partition coefficient (Wildman–Crippen LogP) is 3.31. The maximum Gasteiger partial charge on any atom is 0.338 e. The molecule has 1 aromatic carbocycles. The van der Waals surface area contributed by atoms with Gasteiger partial charge in [0, 0.05) is 24.3 Å². The van der Waals surface area contributed by atoms with E-state index in [0.29, 0.717) is 29.9 Å². The van der Waals surface area contributed by atoms with E-state index in [9.17, 15) is 22.8 Å². The smallest absolute Gasteiger partial charge is 0.338 e. The van der Waals surface area contributed by atoms with E-state index in [4.69, 9.17) is 16.3 Å². The molecule has 1 fully saturated rings. The number of aromatic amines is 1. The van der Waals surface area contributed by atoms with Crippen LogP contribution in [-0.4, -0.2) is 54.9 Å². The molecule has 1 N–H and O–H groups in total. The summed E-state index contributed by atoms with van der Waals surface area (Å²) in [6.07, 6.45) is 1.54. The number of carbonyl (C=O) groups excluding carboxylic acids is 3. The molecule has 0 bridgehead atoms. The van der Waals surface area contributed by atoms with Crippen LogP contribution in [0.2, 0.25) is 5.02 Å². The minimum Gasteiger partial charge on any atom is -0.454 e. The van der Waals surface area contributed by atoms with Gasteiger partial charge in [-0.2, -0.15) is 4.31 Å². The van der Waals surface area contributed by atoms with Crippen LogP contribution in [0.5, 0.6) is 0 Å². The van der Waals surface area contributed by atoms with Crippen LogP contribution in [0.1, 0.15) is 62.2 Å². The predicted molar refractivity (Wildman–Crippen MR) is 114 cm³/mol. The molecule has 8 nitrogen and oxygen atoms in total. The monoisotopic (exact) mass is 466 g/mol. The molecule has 0 saturated carbocycles. The Morgan fingerprint density at radius 2 is 1.81 bits per heavy atom. The highest BCUT2D eigenvalue weighted by Crippen LogP contribution is 2.28. The highest BCUT2D eigenvalue weighted by Gasteiger charge is 2.30. The number of Topliss-reactive ketones (excluding diaryl/α,β-unsaturated/α-hetero) is 2. The van der Waals surface area contributed by atoms with Gasteiger partial charge in [0.1, 0.15) is 4.90 Å². The van der Waals surface area contributed by atoms with Gasteiger partial charge in [0.05, 0.1) is 16.3 Å². The Balaban J connectivity index is 1.76. The number of esters is 1. The standard InChI is InChI=1S/C21H23ClN2O6S/c1-12-19(14(3)25)13(2)23-20(12)17(26)11-30-21(27)15-6-7-16(22)18(10-15)31(28,29)24-8-4-5-9-24/h6-7,10,23H,4-5,8-9,11H2,1-3H3. The van der Waals surface area contributed by atoms with E-state index in [1.165, 1.54) is 29.4 Å². The number of aryl methyl sites for hydroxylation is 1. The van der Waals surface area contributed by atoms with E-state index in [1.54, 1.807) is 13.8 Å². The highest BCUT2D eigenvalue weighted by molar-refractivity contribution is 7.89. The van der Waals surface area contributed by atoms with Crippen molar-refractivity contribution < 1.29 is 27.5 Å². The molecule has 0 unspecified atom stereocenters. The van der Waals surface area contributed by atoms with Crippen molar-refractivity contribution in [2.45, 2.75) is 38.5 Å². The van der Waals surface area contributed by atoms with Crippen LogP contribution in [0.4, 0.5) is 0 Å². The lowest BCUT2D eigenvalue weighted by Crippen LogP contribution is -2.28. The van der Waals surface area contributed by atoms with Gasteiger partial charge >= 0.3 is 5.97 Å². The van der Waals surface area contributed by atoms with Crippen LogP contribution in [0, 0.1) is 13.8 Å². The number of rotatable bonds is 7. The minimum absolute atomic E-state index is 0.00812. The molecule has 0 spiro atoms. The number of hydrogen-bond donors (Lipinski definition) is 1. The van der Waals surface area contributed by atoms with Gasteiger partial charge in [0.25, 0.3) is 0 Å². The first-order valence-electron chi connectivity index (χ1n) is 9.74. The second kappa shape index (κ2) is 8.94. The number of ketones is 2. The molecule has 166 valence electrons. The second-order valence-corrected chi connectivity index (χ2v) is 9.75. The molecule has 10 heteroatoms. The van der Waals surface area contributed by atoms with Crippen LogP contribution in [0.25, 0.3) is 0 Å². The SMILES string of the molecule is CC(=O)c1c(C)[nH]c(C(=O)COC(=O)c2ccc(Cl)c(S(=O)(=O)N3CCCC3)c2)c1C. The summed E-state index contributed by atoms with van der Waals surface area (Å²) in [5, 5.41) is 0.00812. The van der Waals surface area contributed by atoms with E-state index in [1.807, 2.05) is 0 Å². The summed E-state index contributed by atoms with van der Waals surface area (Å²) in [4.78, 5) is 39.4. The largest absolute Gasteiger partial charge is 0.454 e. The maximum absolute atomic E-state index is 12.8. The summed E-state index contributed by atoms with van der Waals surface area (Å²) in [5.41, 5.74) is 1.66. The van der Waals surface area contributed by atoms with Gasteiger partial charge in [0.15, 0.2) is 12.4 Å². The Morgan fingerprint density at radius 1 is 1.16 bits per heavy atom. The molecule has 0 aliphatic carbocycles. The Kier molecular flexibility index (Phi) is 6.68. The fourth-order valence-electron chi connectivity index (χ4n) is 3.74. The first-order chi connectivity index (χ1) is 14.5. The van der Waals surface area contributed by atoms with E-state index in [0.717, 1.165) is 12.8 Å². The third-order valence-electron chi connectivity index (χ3n) is 5.25. The van der Waals surface area contributed by atoms with Gasteiger partial charge in [-0.05, 0) is 57.4 Å². The lowest BCUT2D eigenvalue weighted by atomic mass is 10.1. The van der Waals surface area contributed by atoms with Gasteiger partial charge < -0.3 is 9.72 Å². The lowest BCUT2D eigenvalue weighted by molar-refractivity contribution is 0.0473. The molecular formula is C21H23ClN2O6S. The van der Waals surface area contributed by atoms with E-state index in [2.05, 4.69) is 4.98 Å². The van der Waals surface area contributed by atoms with Crippen LogP contribution in [0.15, 0.2) is 23.1 Å². The summed E-state index contributed by atoms with van der Waals surface area (Å²) >= 11 is 6.09. The average molecular weight is 467 g/mol. The van der Waals surface area contributed by atoms with Crippen molar-refractivity contribution in [2.75, 3.05) is 19.7 Å². The third kappa shape index (κ3) is 4.58. The van der Waals surface area contributed by atoms with Gasteiger partial charge in [-0.15, -0.1) is 0 Å².